The van der Waals surface area contributed by atoms with Crippen LogP contribution in [0.2, 0.25) is 9.36 Å². The molecule has 3 aromatic rings. The monoisotopic (exact) mass is 637 g/mol. The number of oxime groups is 1. The number of carboxylic acid groups (broad SMARTS) is 1. The molecule has 18 heteroatoms. The van der Waals surface area contributed by atoms with Crippen molar-refractivity contribution in [2.24, 2.45) is 5.16 Å². The van der Waals surface area contributed by atoms with Crippen LogP contribution in [0.3, 0.4) is 0 Å². The Morgan fingerprint density at radius 2 is 2.08 bits per heavy atom. The number of amides is 2. The predicted octanol–water partition coefficient (Wildman–Crippen LogP) is 2.86. The second-order valence-electron chi connectivity index (χ2n) is 7.79. The lowest BCUT2D eigenvalue weighted by Gasteiger charge is -2.53. The number of thiazole rings is 1. The minimum Gasteiger partial charge on any atom is -0.480 e. The number of fused-ring (bicyclic) bond motifs is 2. The van der Waals surface area contributed by atoms with Crippen molar-refractivity contribution in [1.82, 2.24) is 15.2 Å². The van der Waals surface area contributed by atoms with Gasteiger partial charge in [-0.2, -0.15) is 0 Å². The van der Waals surface area contributed by atoms with Gasteiger partial charge < -0.3 is 26.3 Å². The van der Waals surface area contributed by atoms with Crippen LogP contribution in [-0.2, 0) is 14.4 Å². The molecule has 0 spiro atoms. The number of rotatable bonds is 6. The van der Waals surface area contributed by atoms with Crippen LogP contribution in [0.25, 0.3) is 9.40 Å². The van der Waals surface area contributed by atoms with Gasteiger partial charge in [-0.25, -0.2) is 4.98 Å². The third-order valence-electron chi connectivity index (χ3n) is 5.58. The summed E-state index contributed by atoms with van der Waals surface area (Å²) in [5.74, 6) is -2.48. The van der Waals surface area contributed by atoms with Gasteiger partial charge in [-0.05, 0) is 11.4 Å². The lowest BCUT2D eigenvalue weighted by molar-refractivity contribution is -0.151. The number of aromatic nitrogens is 1. The quantitative estimate of drug-likeness (QED) is 0.136. The molecule has 2 unspecified atom stereocenters. The van der Waals surface area contributed by atoms with Gasteiger partial charge in [0.25, 0.3) is 5.91 Å². The maximum absolute atomic E-state index is 12.9. The minimum atomic E-state index is -1.47. The number of nitrogens with two attached hydrogens (primary N) is 1. The SMILES string of the molecule is Nc1nc(C(=NO)C(=O)NC2C(=O)N3CC(Sc4sc5ccsc5c(=O)c4Cl)(C(=O)O)CS[C@H]23)c(Cl)s1. The van der Waals surface area contributed by atoms with E-state index >= 15 is 0 Å². The van der Waals surface area contributed by atoms with Gasteiger partial charge in [0.2, 0.25) is 11.3 Å². The average Bonchev–Trinajstić information content (AvgIpc) is 3.46. The van der Waals surface area contributed by atoms with E-state index in [1.807, 2.05) is 0 Å². The molecule has 5 heterocycles. The number of nitrogens with zero attached hydrogens (tertiary/aromatic N) is 3. The molecule has 2 fully saturated rings. The number of thiophene rings is 1. The number of hydrogen-bond donors (Lipinski definition) is 4. The summed E-state index contributed by atoms with van der Waals surface area (Å²) in [4.78, 5) is 55.9. The van der Waals surface area contributed by atoms with Crippen molar-refractivity contribution in [3.63, 3.8) is 0 Å². The first-order valence-electron chi connectivity index (χ1n) is 10.1. The molecule has 2 saturated heterocycles. The van der Waals surface area contributed by atoms with Crippen LogP contribution in [0.5, 0.6) is 0 Å². The van der Waals surface area contributed by atoms with Gasteiger partial charge in [0, 0.05) is 12.3 Å². The zero-order valence-corrected chi connectivity index (χ0v) is 23.6. The van der Waals surface area contributed by atoms with Gasteiger partial charge in [0.05, 0.1) is 13.6 Å². The Labute approximate surface area is 237 Å². The molecule has 194 valence electrons. The molecular weight excluding hydrogens is 625 g/mol. The number of aliphatic carboxylic acids is 1. The van der Waals surface area contributed by atoms with E-state index in [0.717, 1.165) is 23.1 Å². The number of nitrogens with one attached hydrogen (secondary N) is 1. The number of thioether (sulfide) groups is 2. The Bertz CT molecular complexity index is 1560. The van der Waals surface area contributed by atoms with Crippen molar-refractivity contribution in [1.29, 1.82) is 0 Å². The molecule has 3 aromatic heterocycles. The minimum absolute atomic E-state index is 0.0407. The molecule has 5 rings (SSSR count). The Balaban J connectivity index is 1.34. The van der Waals surface area contributed by atoms with E-state index < -0.39 is 39.7 Å². The fourth-order valence-electron chi connectivity index (χ4n) is 3.78. The van der Waals surface area contributed by atoms with E-state index in [0.29, 0.717) is 13.6 Å². The molecule has 2 amide bonds. The van der Waals surface area contributed by atoms with Crippen LogP contribution in [0.1, 0.15) is 5.69 Å². The van der Waals surface area contributed by atoms with Gasteiger partial charge in [0.1, 0.15) is 31.2 Å². The molecule has 3 atom stereocenters. The van der Waals surface area contributed by atoms with Crippen LogP contribution in [0, 0.1) is 0 Å². The topological polar surface area (TPSA) is 175 Å². The van der Waals surface area contributed by atoms with Crippen LogP contribution < -0.4 is 16.5 Å². The highest BCUT2D eigenvalue weighted by atomic mass is 35.5. The second-order valence-corrected chi connectivity index (χ2v) is 14.5. The van der Waals surface area contributed by atoms with Gasteiger partial charge >= 0.3 is 5.97 Å². The number of carbonyl (C=O) groups excluding carboxylic acids is 2. The molecular formula is C19H13Cl2N5O6S5. The van der Waals surface area contributed by atoms with E-state index in [1.165, 1.54) is 39.3 Å². The Hall–Kier alpha value is -2.08. The maximum atomic E-state index is 12.9. The van der Waals surface area contributed by atoms with Crippen LogP contribution in [0.4, 0.5) is 5.13 Å². The van der Waals surface area contributed by atoms with Crippen molar-refractivity contribution in [3.8, 4) is 0 Å². The molecule has 2 aliphatic heterocycles. The Morgan fingerprint density at radius 1 is 1.32 bits per heavy atom. The summed E-state index contributed by atoms with van der Waals surface area (Å²) in [7, 11) is 0. The molecule has 11 nitrogen and oxygen atoms in total. The predicted molar refractivity (Wildman–Crippen MR) is 147 cm³/mol. The summed E-state index contributed by atoms with van der Waals surface area (Å²) in [6.45, 7) is -0.163. The van der Waals surface area contributed by atoms with E-state index in [2.05, 4.69) is 15.5 Å². The standard InChI is InChI=1S/C19H13Cl2N5O6S5/c20-6-10(27)11-5(1-2-33-11)35-16(6)37-19(17(30)31)3-26-14(29)9(15(26)34-4-19)23-13(28)8(25-32)7-12(21)36-18(22)24-7/h1-2,9,15,32H,3-4H2,(H2,22,24)(H,23,28)(H,30,31)/t9?,15-,19?/m1/s1. The lowest BCUT2D eigenvalue weighted by Crippen LogP contribution is -2.74. The van der Waals surface area contributed by atoms with E-state index in [-0.39, 0.29) is 37.9 Å². The average molecular weight is 639 g/mol. The molecule has 2 aliphatic rings. The number of β-lactam (4-membered cyclic amide) rings is 1. The van der Waals surface area contributed by atoms with Crippen LogP contribution in [-0.4, -0.2) is 72.2 Å². The highest BCUT2D eigenvalue weighted by molar-refractivity contribution is 8.06. The highest BCUT2D eigenvalue weighted by Crippen LogP contribution is 2.49. The summed E-state index contributed by atoms with van der Waals surface area (Å²) in [5, 5.41) is 26.2. The molecule has 37 heavy (non-hydrogen) atoms. The van der Waals surface area contributed by atoms with Gasteiger partial charge in [-0.15, -0.1) is 34.4 Å². The van der Waals surface area contributed by atoms with Crippen molar-refractivity contribution >= 4 is 119 Å². The third kappa shape index (κ3) is 4.47. The second kappa shape index (κ2) is 9.91. The molecule has 0 aliphatic carbocycles. The Morgan fingerprint density at radius 3 is 2.73 bits per heavy atom. The lowest BCUT2D eigenvalue weighted by atomic mass is 10.0. The largest absolute Gasteiger partial charge is 0.480 e. The number of hydrogen-bond acceptors (Lipinski definition) is 13. The molecule has 0 saturated carbocycles. The number of carboxylic acids is 1. The summed E-state index contributed by atoms with van der Waals surface area (Å²) in [6, 6.07) is 0.789. The Kier molecular flexibility index (Phi) is 7.10. The fraction of sp³-hybridized carbons (Fsp3) is 0.263. The fourth-order valence-corrected chi connectivity index (χ4v) is 10.5. The normalized spacial score (nSPS) is 23.6. The molecule has 0 bridgehead atoms. The van der Waals surface area contributed by atoms with Crippen LogP contribution in [0.15, 0.2) is 25.6 Å². The van der Waals surface area contributed by atoms with Crippen molar-refractivity contribution < 1.29 is 24.7 Å². The molecule has 0 aromatic carbocycles. The summed E-state index contributed by atoms with van der Waals surface area (Å²) < 4.78 is 0.144. The van der Waals surface area contributed by atoms with E-state index in [9.17, 15) is 29.5 Å². The smallest absolute Gasteiger partial charge is 0.322 e. The summed E-state index contributed by atoms with van der Waals surface area (Å²) in [6.07, 6.45) is 0. The zero-order chi connectivity index (χ0) is 26.6. The third-order valence-corrected chi connectivity index (χ3v) is 12.7. The molecule has 5 N–H and O–H groups in total. The zero-order valence-electron chi connectivity index (χ0n) is 18.0. The van der Waals surface area contributed by atoms with Gasteiger partial charge in [-0.3, -0.25) is 19.2 Å². The first kappa shape index (κ1) is 26.5. The number of nitrogen functional groups attached to an aromatic ring is 1. The number of carbonyl (C=O) groups is 3. The van der Waals surface area contributed by atoms with Gasteiger partial charge in [0.15, 0.2) is 10.8 Å². The summed E-state index contributed by atoms with van der Waals surface area (Å²) in [5.41, 5.74) is 4.59. The van der Waals surface area contributed by atoms with Gasteiger partial charge in [-0.1, -0.05) is 51.5 Å². The van der Waals surface area contributed by atoms with Crippen molar-refractivity contribution in [2.75, 3.05) is 18.0 Å². The van der Waals surface area contributed by atoms with Crippen LogP contribution >= 0.6 is 80.7 Å². The maximum Gasteiger partial charge on any atom is 0.322 e. The van der Waals surface area contributed by atoms with E-state index in [1.54, 1.807) is 11.4 Å². The highest BCUT2D eigenvalue weighted by Gasteiger charge is 2.58. The van der Waals surface area contributed by atoms with Crippen molar-refractivity contribution in [2.45, 2.75) is 20.4 Å². The molecule has 0 radical (unpaired) electrons. The first-order valence-corrected chi connectivity index (χ1v) is 15.2. The number of anilines is 1. The van der Waals surface area contributed by atoms with E-state index in [4.69, 9.17) is 28.9 Å². The first-order chi connectivity index (χ1) is 17.6. The van der Waals surface area contributed by atoms with Crippen molar-refractivity contribution in [3.05, 3.63) is 36.7 Å². The summed E-state index contributed by atoms with van der Waals surface area (Å²) >= 11 is 17.8. The number of halogens is 2.